The van der Waals surface area contributed by atoms with Crippen molar-refractivity contribution in [1.29, 1.82) is 0 Å². The molecular formula is C17H24N2O2. The average molecular weight is 288 g/mol. The van der Waals surface area contributed by atoms with Crippen LogP contribution < -0.4 is 5.73 Å². The molecule has 4 heteroatoms. The number of amides is 1. The van der Waals surface area contributed by atoms with Gasteiger partial charge in [-0.25, -0.2) is 4.79 Å². The van der Waals surface area contributed by atoms with Crippen LogP contribution in [0, 0.1) is 11.3 Å². The molecule has 1 aromatic rings. The Kier molecular flexibility index (Phi) is 4.15. The van der Waals surface area contributed by atoms with Crippen LogP contribution in [0.15, 0.2) is 30.3 Å². The standard InChI is InChI=1S/C17H24N2O2/c18-12-15-10-17(11-15)6-8-19(9-7-17)16(20)21-13-14-4-2-1-3-5-14/h1-5,15H,6-13,18H2. The molecule has 0 atom stereocenters. The first-order chi connectivity index (χ1) is 10.2. The fourth-order valence-corrected chi connectivity index (χ4v) is 3.71. The second-order valence-corrected chi connectivity index (χ2v) is 6.54. The predicted molar refractivity (Wildman–Crippen MR) is 81.6 cm³/mol. The van der Waals surface area contributed by atoms with Crippen LogP contribution in [0.3, 0.4) is 0 Å². The number of hydrogen-bond acceptors (Lipinski definition) is 3. The molecule has 0 unspecified atom stereocenters. The Morgan fingerprint density at radius 1 is 1.24 bits per heavy atom. The van der Waals surface area contributed by atoms with E-state index in [2.05, 4.69) is 0 Å². The first-order valence-electron chi connectivity index (χ1n) is 7.86. The van der Waals surface area contributed by atoms with E-state index in [1.807, 2.05) is 35.2 Å². The molecule has 1 saturated heterocycles. The highest BCUT2D eigenvalue weighted by Crippen LogP contribution is 2.52. The normalized spacial score (nSPS) is 21.1. The zero-order valence-electron chi connectivity index (χ0n) is 12.5. The summed E-state index contributed by atoms with van der Waals surface area (Å²) in [6.45, 7) is 2.82. The van der Waals surface area contributed by atoms with Crippen LogP contribution in [-0.2, 0) is 11.3 Å². The van der Waals surface area contributed by atoms with Crippen molar-refractivity contribution in [3.8, 4) is 0 Å². The number of benzene rings is 1. The van der Waals surface area contributed by atoms with Crippen molar-refractivity contribution in [3.63, 3.8) is 0 Å². The summed E-state index contributed by atoms with van der Waals surface area (Å²) in [6.07, 6.45) is 4.52. The van der Waals surface area contributed by atoms with E-state index in [-0.39, 0.29) is 6.09 Å². The third-order valence-electron chi connectivity index (χ3n) is 5.06. The number of hydrogen-bond donors (Lipinski definition) is 1. The van der Waals surface area contributed by atoms with Crippen molar-refractivity contribution in [2.24, 2.45) is 17.1 Å². The van der Waals surface area contributed by atoms with E-state index >= 15 is 0 Å². The maximum atomic E-state index is 12.1. The van der Waals surface area contributed by atoms with Gasteiger partial charge < -0.3 is 15.4 Å². The van der Waals surface area contributed by atoms with Gasteiger partial charge in [-0.1, -0.05) is 30.3 Å². The summed E-state index contributed by atoms with van der Waals surface area (Å²) in [6, 6.07) is 9.82. The van der Waals surface area contributed by atoms with Gasteiger partial charge in [0.2, 0.25) is 0 Å². The molecule has 1 saturated carbocycles. The molecule has 2 fully saturated rings. The lowest BCUT2D eigenvalue weighted by atomic mass is 9.57. The lowest BCUT2D eigenvalue weighted by Gasteiger charge is -2.51. The van der Waals surface area contributed by atoms with E-state index in [1.54, 1.807) is 0 Å². The molecule has 2 aliphatic rings. The van der Waals surface area contributed by atoms with E-state index in [0.29, 0.717) is 17.9 Å². The summed E-state index contributed by atoms with van der Waals surface area (Å²) in [5, 5.41) is 0. The molecule has 1 aliphatic heterocycles. The fraction of sp³-hybridized carbons (Fsp3) is 0.588. The van der Waals surface area contributed by atoms with E-state index in [4.69, 9.17) is 10.5 Å². The van der Waals surface area contributed by atoms with Gasteiger partial charge in [-0.15, -0.1) is 0 Å². The molecule has 3 rings (SSSR count). The van der Waals surface area contributed by atoms with Gasteiger partial charge in [0.25, 0.3) is 0 Å². The van der Waals surface area contributed by atoms with Gasteiger partial charge in [0, 0.05) is 13.1 Å². The first-order valence-corrected chi connectivity index (χ1v) is 7.86. The maximum absolute atomic E-state index is 12.1. The topological polar surface area (TPSA) is 55.6 Å². The van der Waals surface area contributed by atoms with E-state index in [9.17, 15) is 4.79 Å². The molecule has 114 valence electrons. The number of nitrogens with two attached hydrogens (primary N) is 1. The summed E-state index contributed by atoms with van der Waals surface area (Å²) in [7, 11) is 0. The maximum Gasteiger partial charge on any atom is 0.410 e. The summed E-state index contributed by atoms with van der Waals surface area (Å²) in [5.41, 5.74) is 7.21. The second kappa shape index (κ2) is 6.06. The number of nitrogens with zero attached hydrogens (tertiary/aromatic N) is 1. The number of ether oxygens (including phenoxy) is 1. The number of likely N-dealkylation sites (tertiary alicyclic amines) is 1. The predicted octanol–water partition coefficient (Wildman–Crippen LogP) is 2.77. The van der Waals surface area contributed by atoms with Crippen LogP contribution >= 0.6 is 0 Å². The molecule has 1 spiro atoms. The Labute approximate surface area is 126 Å². The summed E-state index contributed by atoms with van der Waals surface area (Å²) < 4.78 is 5.40. The molecule has 21 heavy (non-hydrogen) atoms. The van der Waals surface area contributed by atoms with Gasteiger partial charge in [-0.3, -0.25) is 0 Å². The second-order valence-electron chi connectivity index (χ2n) is 6.54. The highest BCUT2D eigenvalue weighted by atomic mass is 16.6. The summed E-state index contributed by atoms with van der Waals surface area (Å²) in [5.74, 6) is 0.710. The smallest absolute Gasteiger partial charge is 0.410 e. The highest BCUT2D eigenvalue weighted by Gasteiger charge is 2.45. The molecule has 4 nitrogen and oxygen atoms in total. The zero-order valence-corrected chi connectivity index (χ0v) is 12.5. The van der Waals surface area contributed by atoms with Crippen molar-refractivity contribution in [2.75, 3.05) is 19.6 Å². The van der Waals surface area contributed by atoms with Crippen molar-refractivity contribution >= 4 is 6.09 Å². The van der Waals surface area contributed by atoms with E-state index in [1.165, 1.54) is 12.8 Å². The number of piperidine rings is 1. The lowest BCUT2D eigenvalue weighted by molar-refractivity contribution is -0.0107. The van der Waals surface area contributed by atoms with Crippen molar-refractivity contribution in [1.82, 2.24) is 4.90 Å². The molecular weight excluding hydrogens is 264 g/mol. The third-order valence-corrected chi connectivity index (χ3v) is 5.06. The first kappa shape index (κ1) is 14.4. The van der Waals surface area contributed by atoms with Gasteiger partial charge in [-0.2, -0.15) is 0 Å². The highest BCUT2D eigenvalue weighted by molar-refractivity contribution is 5.67. The molecule has 0 aromatic heterocycles. The zero-order chi connectivity index (χ0) is 14.7. The third kappa shape index (κ3) is 3.21. The van der Waals surface area contributed by atoms with Gasteiger partial charge in [0.1, 0.15) is 6.61 Å². The average Bonchev–Trinajstić information content (AvgIpc) is 2.51. The van der Waals surface area contributed by atoms with Crippen LogP contribution in [-0.4, -0.2) is 30.6 Å². The molecule has 1 aromatic carbocycles. The van der Waals surface area contributed by atoms with Crippen LogP contribution in [0.5, 0.6) is 0 Å². The molecule has 1 aliphatic carbocycles. The Hall–Kier alpha value is -1.55. The van der Waals surface area contributed by atoms with Crippen LogP contribution in [0.1, 0.15) is 31.2 Å². The van der Waals surface area contributed by atoms with Gasteiger partial charge >= 0.3 is 6.09 Å². The minimum Gasteiger partial charge on any atom is -0.445 e. The minimum atomic E-state index is -0.177. The Bertz CT molecular complexity index is 473. The fourth-order valence-electron chi connectivity index (χ4n) is 3.71. The number of carbonyl (C=O) groups is 1. The van der Waals surface area contributed by atoms with Crippen LogP contribution in [0.25, 0.3) is 0 Å². The molecule has 1 amide bonds. The largest absolute Gasteiger partial charge is 0.445 e. The SMILES string of the molecule is NCC1CC2(CCN(C(=O)OCc3ccccc3)CC2)C1. The van der Waals surface area contributed by atoms with E-state index in [0.717, 1.165) is 38.0 Å². The van der Waals surface area contributed by atoms with E-state index < -0.39 is 0 Å². The van der Waals surface area contributed by atoms with Gasteiger partial charge in [0.05, 0.1) is 0 Å². The van der Waals surface area contributed by atoms with Crippen LogP contribution in [0.2, 0.25) is 0 Å². The van der Waals surface area contributed by atoms with Gasteiger partial charge in [0.15, 0.2) is 0 Å². The molecule has 0 bridgehead atoms. The Morgan fingerprint density at radius 2 is 1.90 bits per heavy atom. The molecule has 2 N–H and O–H groups in total. The Balaban J connectivity index is 1.43. The quantitative estimate of drug-likeness (QED) is 0.930. The lowest BCUT2D eigenvalue weighted by Crippen LogP contribution is -2.50. The minimum absolute atomic E-state index is 0.177. The number of carbonyl (C=O) groups excluding carboxylic acids is 1. The Morgan fingerprint density at radius 3 is 2.52 bits per heavy atom. The van der Waals surface area contributed by atoms with Crippen molar-refractivity contribution < 1.29 is 9.53 Å². The van der Waals surface area contributed by atoms with Gasteiger partial charge in [-0.05, 0) is 49.1 Å². The summed E-state index contributed by atoms with van der Waals surface area (Å²) in [4.78, 5) is 13.9. The summed E-state index contributed by atoms with van der Waals surface area (Å²) >= 11 is 0. The van der Waals surface area contributed by atoms with Crippen molar-refractivity contribution in [3.05, 3.63) is 35.9 Å². The molecule has 0 radical (unpaired) electrons. The van der Waals surface area contributed by atoms with Crippen LogP contribution in [0.4, 0.5) is 4.79 Å². The number of rotatable bonds is 3. The monoisotopic (exact) mass is 288 g/mol. The molecule has 1 heterocycles. The van der Waals surface area contributed by atoms with Crippen molar-refractivity contribution in [2.45, 2.75) is 32.3 Å².